The number of hydrogen-bond donors (Lipinski definition) is 1. The molecule has 0 radical (unpaired) electrons. The van der Waals surface area contributed by atoms with Gasteiger partial charge in [-0.05, 0) is 42.9 Å². The number of phenols is 1. The van der Waals surface area contributed by atoms with Crippen LogP contribution in [0.5, 0.6) is 5.75 Å². The van der Waals surface area contributed by atoms with E-state index in [1.165, 1.54) is 12.1 Å². The quantitative estimate of drug-likeness (QED) is 0.894. The molecular weight excluding hydrogens is 306 g/mol. The van der Waals surface area contributed by atoms with Crippen LogP contribution < -0.4 is 0 Å². The van der Waals surface area contributed by atoms with Gasteiger partial charge in [0.25, 0.3) is 5.91 Å². The summed E-state index contributed by atoms with van der Waals surface area (Å²) in [6.45, 7) is 4.62. The van der Waals surface area contributed by atoms with E-state index in [2.05, 4.69) is 0 Å². The van der Waals surface area contributed by atoms with Gasteiger partial charge in [0.15, 0.2) is 0 Å². The van der Waals surface area contributed by atoms with Gasteiger partial charge in [0.2, 0.25) is 5.91 Å². The number of carbonyl (C=O) groups excluding carboxylic acids is 2. The molecule has 2 saturated heterocycles. The summed E-state index contributed by atoms with van der Waals surface area (Å²) < 4.78 is 0. The zero-order valence-electron chi connectivity index (χ0n) is 13.7. The van der Waals surface area contributed by atoms with Crippen molar-refractivity contribution < 1.29 is 14.7 Å². The first-order valence-electron chi connectivity index (χ1n) is 8.27. The van der Waals surface area contributed by atoms with Crippen LogP contribution in [0.2, 0.25) is 0 Å². The molecule has 3 rings (SSSR count). The highest BCUT2D eigenvalue weighted by Crippen LogP contribution is 2.32. The zero-order chi connectivity index (χ0) is 17.3. The highest BCUT2D eigenvalue weighted by Gasteiger charge is 2.38. The SMILES string of the molecule is CC(=O)N1CCCC(C2CN(C(=O)c3ccc(O)c(C#N)c3)C2)C1. The lowest BCUT2D eigenvalue weighted by atomic mass is 9.80. The fourth-order valence-corrected chi connectivity index (χ4v) is 3.60. The Morgan fingerprint density at radius 3 is 2.58 bits per heavy atom. The molecule has 2 aliphatic heterocycles. The molecule has 2 heterocycles. The van der Waals surface area contributed by atoms with Crippen molar-refractivity contribution in [2.45, 2.75) is 19.8 Å². The molecule has 1 aromatic rings. The summed E-state index contributed by atoms with van der Waals surface area (Å²) in [7, 11) is 0. The number of carbonyl (C=O) groups is 2. The van der Waals surface area contributed by atoms with Gasteiger partial charge in [-0.1, -0.05) is 0 Å². The first-order valence-corrected chi connectivity index (χ1v) is 8.27. The number of aromatic hydroxyl groups is 1. The minimum atomic E-state index is -0.109. The van der Waals surface area contributed by atoms with Gasteiger partial charge >= 0.3 is 0 Å². The molecule has 1 aromatic carbocycles. The van der Waals surface area contributed by atoms with Crippen LogP contribution in [0.4, 0.5) is 0 Å². The second-order valence-corrected chi connectivity index (χ2v) is 6.68. The number of piperidine rings is 1. The topological polar surface area (TPSA) is 84.6 Å². The number of nitriles is 1. The maximum Gasteiger partial charge on any atom is 0.253 e. The van der Waals surface area contributed by atoms with Gasteiger partial charge in [0, 0.05) is 38.7 Å². The minimum absolute atomic E-state index is 0.109. The number of phenolic OH excluding ortho intramolecular Hbond substituents is 1. The number of rotatable bonds is 2. The van der Waals surface area contributed by atoms with Gasteiger partial charge in [-0.2, -0.15) is 5.26 Å². The van der Waals surface area contributed by atoms with E-state index < -0.39 is 0 Å². The van der Waals surface area contributed by atoms with Crippen LogP contribution in [-0.2, 0) is 4.79 Å². The van der Waals surface area contributed by atoms with Gasteiger partial charge in [-0.3, -0.25) is 9.59 Å². The molecule has 0 aromatic heterocycles. The van der Waals surface area contributed by atoms with Crippen LogP contribution in [-0.4, -0.2) is 52.9 Å². The normalized spacial score (nSPS) is 21.1. The number of likely N-dealkylation sites (tertiary alicyclic amines) is 2. The predicted molar refractivity (Wildman–Crippen MR) is 87.2 cm³/mol. The molecule has 0 bridgehead atoms. The van der Waals surface area contributed by atoms with Gasteiger partial charge in [-0.25, -0.2) is 0 Å². The average Bonchev–Trinajstić information content (AvgIpc) is 2.54. The number of nitrogens with zero attached hydrogens (tertiary/aromatic N) is 3. The zero-order valence-corrected chi connectivity index (χ0v) is 13.7. The van der Waals surface area contributed by atoms with Crippen LogP contribution >= 0.6 is 0 Å². The monoisotopic (exact) mass is 327 g/mol. The van der Waals surface area contributed by atoms with E-state index in [-0.39, 0.29) is 23.1 Å². The van der Waals surface area contributed by atoms with Gasteiger partial charge in [0.1, 0.15) is 11.8 Å². The highest BCUT2D eigenvalue weighted by atomic mass is 16.3. The molecule has 1 atom stereocenters. The van der Waals surface area contributed by atoms with Crippen molar-refractivity contribution in [3.63, 3.8) is 0 Å². The molecule has 1 N–H and O–H groups in total. The summed E-state index contributed by atoms with van der Waals surface area (Å²) in [5.74, 6) is 0.800. The fraction of sp³-hybridized carbons (Fsp3) is 0.500. The summed E-state index contributed by atoms with van der Waals surface area (Å²) in [6.07, 6.45) is 2.13. The smallest absolute Gasteiger partial charge is 0.253 e. The third kappa shape index (κ3) is 3.07. The minimum Gasteiger partial charge on any atom is -0.507 e. The van der Waals surface area contributed by atoms with Gasteiger partial charge < -0.3 is 14.9 Å². The Bertz CT molecular complexity index is 704. The lowest BCUT2D eigenvalue weighted by Gasteiger charge is -2.46. The molecule has 6 nitrogen and oxygen atoms in total. The Morgan fingerprint density at radius 2 is 1.92 bits per heavy atom. The number of benzene rings is 1. The molecule has 126 valence electrons. The van der Waals surface area contributed by atoms with Gasteiger partial charge in [0.05, 0.1) is 5.56 Å². The molecular formula is C18H21N3O3. The molecule has 24 heavy (non-hydrogen) atoms. The van der Waals surface area contributed by atoms with Crippen molar-refractivity contribution in [2.24, 2.45) is 11.8 Å². The third-order valence-electron chi connectivity index (χ3n) is 5.13. The van der Waals surface area contributed by atoms with Crippen LogP contribution in [0, 0.1) is 23.2 Å². The van der Waals surface area contributed by atoms with Crippen molar-refractivity contribution >= 4 is 11.8 Å². The average molecular weight is 327 g/mol. The van der Waals surface area contributed by atoms with Crippen LogP contribution in [0.3, 0.4) is 0 Å². The van der Waals surface area contributed by atoms with E-state index in [0.717, 1.165) is 25.9 Å². The highest BCUT2D eigenvalue weighted by molar-refractivity contribution is 5.95. The molecule has 0 aliphatic carbocycles. The maximum atomic E-state index is 12.5. The van der Waals surface area contributed by atoms with Crippen molar-refractivity contribution in [1.29, 1.82) is 5.26 Å². The third-order valence-corrected chi connectivity index (χ3v) is 5.13. The summed E-state index contributed by atoms with van der Waals surface area (Å²) >= 11 is 0. The lowest BCUT2D eigenvalue weighted by molar-refractivity contribution is -0.131. The standard InChI is InChI=1S/C18H21N3O3/c1-12(22)20-6-2-3-14(9-20)16-10-21(11-16)18(24)13-4-5-17(23)15(7-13)8-19/h4-5,7,14,16,23H,2-3,6,9-11H2,1H3. The number of hydrogen-bond acceptors (Lipinski definition) is 4. The summed E-state index contributed by atoms with van der Waals surface area (Å²) in [6, 6.07) is 6.25. The fourth-order valence-electron chi connectivity index (χ4n) is 3.60. The molecule has 0 spiro atoms. The summed E-state index contributed by atoms with van der Waals surface area (Å²) in [4.78, 5) is 27.7. The lowest BCUT2D eigenvalue weighted by Crippen LogP contribution is -2.55. The largest absolute Gasteiger partial charge is 0.507 e. The van der Waals surface area contributed by atoms with Crippen LogP contribution in [0.15, 0.2) is 18.2 Å². The van der Waals surface area contributed by atoms with Crippen molar-refractivity contribution in [2.75, 3.05) is 26.2 Å². The van der Waals surface area contributed by atoms with Crippen molar-refractivity contribution in [3.05, 3.63) is 29.3 Å². The molecule has 2 fully saturated rings. The predicted octanol–water partition coefficient (Wildman–Crippen LogP) is 1.59. The Kier molecular flexibility index (Phi) is 4.43. The van der Waals surface area contributed by atoms with Crippen molar-refractivity contribution in [1.82, 2.24) is 9.80 Å². The Labute approximate surface area is 141 Å². The summed E-state index contributed by atoms with van der Waals surface area (Å²) in [5.41, 5.74) is 0.541. The maximum absolute atomic E-state index is 12.5. The van der Waals surface area contributed by atoms with Crippen LogP contribution in [0.1, 0.15) is 35.7 Å². The van der Waals surface area contributed by atoms with Crippen molar-refractivity contribution in [3.8, 4) is 11.8 Å². The van der Waals surface area contributed by atoms with Crippen LogP contribution in [0.25, 0.3) is 0 Å². The summed E-state index contributed by atoms with van der Waals surface area (Å²) in [5, 5.41) is 18.5. The molecule has 6 heteroatoms. The molecule has 2 aliphatic rings. The second kappa shape index (κ2) is 6.52. The second-order valence-electron chi connectivity index (χ2n) is 6.68. The number of amides is 2. The van der Waals surface area contributed by atoms with E-state index in [0.29, 0.717) is 30.5 Å². The van der Waals surface area contributed by atoms with Gasteiger partial charge in [-0.15, -0.1) is 0 Å². The molecule has 1 unspecified atom stereocenters. The van der Waals surface area contributed by atoms with E-state index in [4.69, 9.17) is 5.26 Å². The Balaban J connectivity index is 1.59. The molecule has 2 amide bonds. The molecule has 0 saturated carbocycles. The van der Waals surface area contributed by atoms with E-state index in [9.17, 15) is 14.7 Å². The Morgan fingerprint density at radius 1 is 1.21 bits per heavy atom. The Hall–Kier alpha value is -2.55. The first kappa shape index (κ1) is 16.3. The first-order chi connectivity index (χ1) is 11.5. The van der Waals surface area contributed by atoms with E-state index >= 15 is 0 Å². The van der Waals surface area contributed by atoms with E-state index in [1.54, 1.807) is 17.9 Å². The van der Waals surface area contributed by atoms with E-state index in [1.807, 2.05) is 11.0 Å².